The number of nitrogens with one attached hydrogen (secondary N) is 1. The lowest BCUT2D eigenvalue weighted by atomic mass is 9.65. The van der Waals surface area contributed by atoms with Gasteiger partial charge in [0.2, 0.25) is 10.0 Å². The van der Waals surface area contributed by atoms with Crippen molar-refractivity contribution in [3.05, 3.63) is 59.2 Å². The van der Waals surface area contributed by atoms with Crippen molar-refractivity contribution in [1.29, 1.82) is 0 Å². The third-order valence-corrected chi connectivity index (χ3v) is 9.02. The summed E-state index contributed by atoms with van der Waals surface area (Å²) in [5.41, 5.74) is 2.65. The molecular formula is C27H34N2O5S. The molecule has 2 aromatic carbocycles. The van der Waals surface area contributed by atoms with Crippen LogP contribution in [0.5, 0.6) is 0 Å². The summed E-state index contributed by atoms with van der Waals surface area (Å²) in [6.45, 7) is 10.3. The third-order valence-electron chi connectivity index (χ3n) is 7.12. The molecule has 2 fully saturated rings. The van der Waals surface area contributed by atoms with E-state index in [-0.39, 0.29) is 27.3 Å². The van der Waals surface area contributed by atoms with Crippen LogP contribution in [0.25, 0.3) is 0 Å². The van der Waals surface area contributed by atoms with Gasteiger partial charge in [0.15, 0.2) is 6.61 Å². The molecule has 1 saturated heterocycles. The van der Waals surface area contributed by atoms with Gasteiger partial charge in [-0.05, 0) is 73.3 Å². The number of fused-ring (bicyclic) bond motifs is 2. The minimum absolute atomic E-state index is 0.0428. The van der Waals surface area contributed by atoms with Crippen molar-refractivity contribution in [1.82, 2.24) is 4.31 Å². The predicted molar refractivity (Wildman–Crippen MR) is 135 cm³/mol. The molecule has 2 aliphatic rings. The van der Waals surface area contributed by atoms with Gasteiger partial charge in [0.1, 0.15) is 0 Å². The molecule has 0 spiro atoms. The maximum atomic E-state index is 13.5. The highest BCUT2D eigenvalue weighted by Gasteiger charge is 2.53. The fraction of sp³-hybridized carbons (Fsp3) is 0.481. The van der Waals surface area contributed by atoms with Crippen LogP contribution in [0.4, 0.5) is 5.69 Å². The van der Waals surface area contributed by atoms with Crippen molar-refractivity contribution < 1.29 is 22.7 Å². The van der Waals surface area contributed by atoms with Gasteiger partial charge in [0.05, 0.1) is 10.5 Å². The van der Waals surface area contributed by atoms with Gasteiger partial charge < -0.3 is 10.1 Å². The predicted octanol–water partition coefficient (Wildman–Crippen LogP) is 4.69. The van der Waals surface area contributed by atoms with E-state index in [4.69, 9.17) is 4.74 Å². The van der Waals surface area contributed by atoms with Gasteiger partial charge in [-0.1, -0.05) is 45.0 Å². The largest absolute Gasteiger partial charge is 0.452 e. The van der Waals surface area contributed by atoms with Crippen molar-refractivity contribution >= 4 is 27.6 Å². The van der Waals surface area contributed by atoms with Crippen LogP contribution in [0.15, 0.2) is 47.4 Å². The Labute approximate surface area is 207 Å². The summed E-state index contributed by atoms with van der Waals surface area (Å²) in [4.78, 5) is 25.1. The lowest BCUT2D eigenvalue weighted by molar-refractivity contribution is -0.119. The number of para-hydroxylation sites is 1. The summed E-state index contributed by atoms with van der Waals surface area (Å²) in [5.74, 6) is -1.20. The summed E-state index contributed by atoms with van der Waals surface area (Å²) in [6, 6.07) is 11.5. The molecule has 1 aliphatic carbocycles. The standard InChI is InChI=1S/C27H34N2O5S/c1-18-8-6-9-19(2)24(18)28-23(30)15-34-25(31)20-10-7-11-22(12-20)35(32,33)29-17-27(5)14-21(29)13-26(3,4)16-27/h6-12,21H,13-17H2,1-5H3,(H,28,30). The minimum atomic E-state index is -3.77. The fourth-order valence-electron chi connectivity index (χ4n) is 6.01. The summed E-state index contributed by atoms with van der Waals surface area (Å²) < 4.78 is 33.9. The topological polar surface area (TPSA) is 92.8 Å². The number of sulfonamides is 1. The number of ether oxygens (including phenoxy) is 1. The highest BCUT2D eigenvalue weighted by molar-refractivity contribution is 7.89. The molecule has 1 saturated carbocycles. The van der Waals surface area contributed by atoms with E-state index < -0.39 is 28.5 Å². The number of esters is 1. The molecule has 0 radical (unpaired) electrons. The minimum Gasteiger partial charge on any atom is -0.452 e. The number of hydrogen-bond donors (Lipinski definition) is 1. The van der Waals surface area contributed by atoms with Gasteiger partial charge in [-0.3, -0.25) is 4.79 Å². The van der Waals surface area contributed by atoms with Gasteiger partial charge in [-0.25, -0.2) is 13.2 Å². The number of rotatable bonds is 6. The summed E-state index contributed by atoms with van der Waals surface area (Å²) >= 11 is 0. The Morgan fingerprint density at radius 2 is 1.71 bits per heavy atom. The molecule has 0 aromatic heterocycles. The maximum Gasteiger partial charge on any atom is 0.338 e. The first-order valence-corrected chi connectivity index (χ1v) is 13.4. The van der Waals surface area contributed by atoms with E-state index in [1.807, 2.05) is 32.0 Å². The number of hydrogen-bond acceptors (Lipinski definition) is 5. The monoisotopic (exact) mass is 498 g/mol. The number of aryl methyl sites for hydroxylation is 2. The summed E-state index contributed by atoms with van der Waals surface area (Å²) in [6.07, 6.45) is 2.66. The highest BCUT2D eigenvalue weighted by Crippen LogP contribution is 2.53. The van der Waals surface area contributed by atoms with Crippen LogP contribution in [-0.2, 0) is 19.6 Å². The molecule has 4 rings (SSSR count). The van der Waals surface area contributed by atoms with Gasteiger partial charge in [-0.2, -0.15) is 4.31 Å². The quantitative estimate of drug-likeness (QED) is 0.584. The highest BCUT2D eigenvalue weighted by atomic mass is 32.2. The van der Waals surface area contributed by atoms with Crippen LogP contribution < -0.4 is 5.32 Å². The molecule has 2 unspecified atom stereocenters. The molecule has 7 nitrogen and oxygen atoms in total. The summed E-state index contributed by atoms with van der Waals surface area (Å²) in [7, 11) is -3.77. The number of amides is 1. The van der Waals surface area contributed by atoms with E-state index in [0.29, 0.717) is 12.2 Å². The summed E-state index contributed by atoms with van der Waals surface area (Å²) in [5, 5.41) is 2.77. The number of nitrogens with zero attached hydrogens (tertiary/aromatic N) is 1. The first kappa shape index (κ1) is 25.4. The Bertz CT molecular complexity index is 1250. The lowest BCUT2D eigenvalue weighted by Gasteiger charge is -2.39. The Morgan fingerprint density at radius 3 is 2.40 bits per heavy atom. The molecular weight excluding hydrogens is 464 g/mol. The third kappa shape index (κ3) is 5.28. The molecule has 2 bridgehead atoms. The second-order valence-corrected chi connectivity index (χ2v) is 13.1. The van der Waals surface area contributed by atoms with Crippen molar-refractivity contribution in [2.75, 3.05) is 18.5 Å². The Morgan fingerprint density at radius 1 is 1.06 bits per heavy atom. The fourth-order valence-corrected chi connectivity index (χ4v) is 7.83. The molecule has 2 aromatic rings. The lowest BCUT2D eigenvalue weighted by Crippen LogP contribution is -2.37. The first-order chi connectivity index (χ1) is 16.3. The molecule has 8 heteroatoms. The van der Waals surface area contributed by atoms with Crippen LogP contribution >= 0.6 is 0 Å². The number of carbonyl (C=O) groups is 2. The van der Waals surface area contributed by atoms with Crippen molar-refractivity contribution in [2.24, 2.45) is 10.8 Å². The number of carbonyl (C=O) groups excluding carboxylic acids is 2. The molecule has 1 aliphatic heterocycles. The van der Waals surface area contributed by atoms with Gasteiger partial charge in [0, 0.05) is 18.3 Å². The van der Waals surface area contributed by atoms with Gasteiger partial charge in [-0.15, -0.1) is 0 Å². The van der Waals surface area contributed by atoms with Gasteiger partial charge in [0.25, 0.3) is 5.91 Å². The first-order valence-electron chi connectivity index (χ1n) is 11.9. The SMILES string of the molecule is Cc1cccc(C)c1NC(=O)COC(=O)c1cccc(S(=O)(=O)N2CC3(C)CC2CC(C)(C)C3)c1. The van der Waals surface area contributed by atoms with Crippen LogP contribution in [-0.4, -0.2) is 43.8 Å². The molecule has 2 atom stereocenters. The maximum absolute atomic E-state index is 13.5. The normalized spacial score (nSPS) is 23.6. The van der Waals surface area contributed by atoms with E-state index in [0.717, 1.165) is 30.4 Å². The Balaban J connectivity index is 1.45. The van der Waals surface area contributed by atoms with Crippen LogP contribution in [0.1, 0.15) is 61.5 Å². The Hall–Kier alpha value is -2.71. The van der Waals surface area contributed by atoms with Gasteiger partial charge >= 0.3 is 5.97 Å². The zero-order chi connectivity index (χ0) is 25.6. The second-order valence-electron chi connectivity index (χ2n) is 11.2. The van der Waals surface area contributed by atoms with Crippen LogP contribution in [0.2, 0.25) is 0 Å². The van der Waals surface area contributed by atoms with Crippen molar-refractivity contribution in [3.63, 3.8) is 0 Å². The number of anilines is 1. The van der Waals surface area contributed by atoms with Crippen LogP contribution in [0.3, 0.4) is 0 Å². The molecule has 35 heavy (non-hydrogen) atoms. The molecule has 1 heterocycles. The molecule has 1 amide bonds. The van der Waals surface area contributed by atoms with Crippen LogP contribution in [0, 0.1) is 24.7 Å². The van der Waals surface area contributed by atoms with E-state index in [9.17, 15) is 18.0 Å². The molecule has 188 valence electrons. The van der Waals surface area contributed by atoms with E-state index in [1.54, 1.807) is 4.31 Å². The smallest absolute Gasteiger partial charge is 0.338 e. The van der Waals surface area contributed by atoms with E-state index >= 15 is 0 Å². The van der Waals surface area contributed by atoms with E-state index in [2.05, 4.69) is 26.1 Å². The van der Waals surface area contributed by atoms with Crippen molar-refractivity contribution in [2.45, 2.75) is 64.8 Å². The Kier molecular flexibility index (Phi) is 6.57. The average molecular weight is 499 g/mol. The second kappa shape index (κ2) is 9.06. The van der Waals surface area contributed by atoms with E-state index in [1.165, 1.54) is 24.3 Å². The van der Waals surface area contributed by atoms with Crippen molar-refractivity contribution in [3.8, 4) is 0 Å². The average Bonchev–Trinajstić information content (AvgIpc) is 3.04. The molecule has 1 N–H and O–H groups in total. The zero-order valence-corrected chi connectivity index (χ0v) is 21.9. The number of benzene rings is 2. The zero-order valence-electron chi connectivity index (χ0n) is 21.1.